The fourth-order valence-corrected chi connectivity index (χ4v) is 1.99. The number of aromatic nitrogens is 2. The zero-order valence-electron chi connectivity index (χ0n) is 9.80. The van der Waals surface area contributed by atoms with Gasteiger partial charge in [-0.25, -0.2) is 4.98 Å². The van der Waals surface area contributed by atoms with Gasteiger partial charge in [0.05, 0.1) is 12.9 Å². The van der Waals surface area contributed by atoms with Crippen LogP contribution < -0.4 is 5.73 Å². The van der Waals surface area contributed by atoms with Crippen LogP contribution in [0.5, 0.6) is 0 Å². The number of imidazole rings is 1. The monoisotopic (exact) mass is 267 g/mol. The first-order chi connectivity index (χ1) is 9.01. The highest BCUT2D eigenvalue weighted by Crippen LogP contribution is 2.30. The van der Waals surface area contributed by atoms with Crippen molar-refractivity contribution in [1.82, 2.24) is 9.55 Å². The maximum atomic E-state index is 11.1. The summed E-state index contributed by atoms with van der Waals surface area (Å²) in [6, 6.07) is 0. The van der Waals surface area contributed by atoms with E-state index in [2.05, 4.69) is 10.9 Å². The first kappa shape index (κ1) is 13.5. The highest BCUT2D eigenvalue weighted by molar-refractivity contribution is 5.93. The highest BCUT2D eigenvalue weighted by Gasteiger charge is 2.44. The van der Waals surface area contributed by atoms with E-state index in [0.717, 1.165) is 0 Å². The van der Waals surface area contributed by atoms with Gasteiger partial charge in [-0.15, -0.1) is 6.42 Å². The van der Waals surface area contributed by atoms with Crippen molar-refractivity contribution in [3.63, 3.8) is 0 Å². The summed E-state index contributed by atoms with van der Waals surface area (Å²) in [7, 11) is 0. The number of primary amides is 1. The van der Waals surface area contributed by atoms with E-state index >= 15 is 0 Å². The number of carbonyl (C=O) groups is 1. The third kappa shape index (κ3) is 2.09. The molecule has 5 N–H and O–H groups in total. The van der Waals surface area contributed by atoms with Gasteiger partial charge in [0.15, 0.2) is 11.9 Å². The Bertz CT molecular complexity index is 535. The molecule has 1 fully saturated rings. The van der Waals surface area contributed by atoms with E-state index in [9.17, 15) is 15.0 Å². The number of nitrogens with two attached hydrogens (primary N) is 1. The van der Waals surface area contributed by atoms with E-state index in [1.54, 1.807) is 0 Å². The predicted octanol–water partition coefficient (Wildman–Crippen LogP) is -2.43. The Morgan fingerprint density at radius 1 is 1.58 bits per heavy atom. The maximum Gasteiger partial charge on any atom is 0.270 e. The van der Waals surface area contributed by atoms with Crippen molar-refractivity contribution >= 4 is 5.91 Å². The van der Waals surface area contributed by atoms with Gasteiger partial charge in [0.2, 0.25) is 0 Å². The fourth-order valence-electron chi connectivity index (χ4n) is 1.99. The van der Waals surface area contributed by atoms with E-state index in [4.69, 9.17) is 22.0 Å². The first-order valence-corrected chi connectivity index (χ1v) is 5.47. The van der Waals surface area contributed by atoms with Crippen molar-refractivity contribution in [2.45, 2.75) is 24.5 Å². The number of hydrogen-bond acceptors (Lipinski definition) is 6. The number of amides is 1. The molecular formula is C11H13N3O5. The Balaban J connectivity index is 2.39. The molecule has 4 atom stereocenters. The van der Waals surface area contributed by atoms with Crippen molar-refractivity contribution in [3.05, 3.63) is 17.7 Å². The number of aliphatic hydroxyl groups is 3. The standard InChI is InChI=1S/C11H13N3O5/c1-2-5-7(10(12)18)13-4-14(5)11-9(17)8(16)6(3-15)19-11/h1,4,6,8-9,11,15-17H,3H2,(H2,12,18)/t6-,8+,9+,11-/m1/s1. The van der Waals surface area contributed by atoms with Gasteiger partial charge < -0.3 is 25.8 Å². The van der Waals surface area contributed by atoms with Crippen molar-refractivity contribution < 1.29 is 24.9 Å². The Morgan fingerprint density at radius 3 is 2.74 bits per heavy atom. The summed E-state index contributed by atoms with van der Waals surface area (Å²) in [6.07, 6.45) is 1.92. The quantitative estimate of drug-likeness (QED) is 0.451. The van der Waals surface area contributed by atoms with Crippen molar-refractivity contribution in [1.29, 1.82) is 0 Å². The zero-order chi connectivity index (χ0) is 14.2. The SMILES string of the molecule is C#Cc1c(C(N)=O)ncn1[C@@H]1O[C@H](CO)[C@H](O)[C@@H]1O. The van der Waals surface area contributed by atoms with E-state index in [-0.39, 0.29) is 11.4 Å². The van der Waals surface area contributed by atoms with Gasteiger partial charge in [-0.1, -0.05) is 0 Å². The number of hydrogen-bond donors (Lipinski definition) is 4. The molecule has 102 valence electrons. The predicted molar refractivity (Wildman–Crippen MR) is 61.7 cm³/mol. The lowest BCUT2D eigenvalue weighted by Crippen LogP contribution is -2.33. The van der Waals surface area contributed by atoms with Gasteiger partial charge in [0.1, 0.15) is 24.0 Å². The van der Waals surface area contributed by atoms with Crippen LogP contribution in [0.1, 0.15) is 22.4 Å². The number of terminal acetylenes is 1. The van der Waals surface area contributed by atoms with Gasteiger partial charge in [-0.05, 0) is 5.92 Å². The Morgan fingerprint density at radius 2 is 2.26 bits per heavy atom. The average Bonchev–Trinajstić information content (AvgIpc) is 2.92. The molecule has 1 aliphatic heterocycles. The number of carbonyl (C=O) groups excluding carboxylic acids is 1. The molecule has 19 heavy (non-hydrogen) atoms. The zero-order valence-corrected chi connectivity index (χ0v) is 9.80. The molecule has 8 heteroatoms. The minimum absolute atomic E-state index is 0.0438. The van der Waals surface area contributed by atoms with Crippen LogP contribution >= 0.6 is 0 Å². The minimum Gasteiger partial charge on any atom is -0.394 e. The second kappa shape index (κ2) is 4.99. The van der Waals surface area contributed by atoms with Gasteiger partial charge in [-0.2, -0.15) is 0 Å². The second-order valence-corrected chi connectivity index (χ2v) is 4.09. The molecule has 1 aromatic rings. The van der Waals surface area contributed by atoms with Gasteiger partial charge >= 0.3 is 0 Å². The minimum atomic E-state index is -1.31. The molecule has 1 aliphatic rings. The van der Waals surface area contributed by atoms with Gasteiger partial charge in [-0.3, -0.25) is 9.36 Å². The largest absolute Gasteiger partial charge is 0.394 e. The lowest BCUT2D eigenvalue weighted by atomic mass is 10.1. The first-order valence-electron chi connectivity index (χ1n) is 5.47. The van der Waals surface area contributed by atoms with Crippen LogP contribution in [-0.2, 0) is 4.74 Å². The fraction of sp³-hybridized carbons (Fsp3) is 0.455. The summed E-state index contributed by atoms with van der Waals surface area (Å²) in [6.45, 7) is -0.461. The topological polar surface area (TPSA) is 131 Å². The molecule has 0 radical (unpaired) electrons. The molecule has 0 aliphatic carbocycles. The molecule has 0 saturated carbocycles. The summed E-state index contributed by atoms with van der Waals surface area (Å²) >= 11 is 0. The smallest absolute Gasteiger partial charge is 0.270 e. The molecule has 1 amide bonds. The Labute approximate surface area is 108 Å². The van der Waals surface area contributed by atoms with Crippen LogP contribution in [0.25, 0.3) is 0 Å². The van der Waals surface area contributed by atoms with Crippen LogP contribution in [0.3, 0.4) is 0 Å². The Kier molecular flexibility index (Phi) is 3.55. The lowest BCUT2D eigenvalue weighted by Gasteiger charge is -2.17. The summed E-state index contributed by atoms with van der Waals surface area (Å²) in [5.74, 6) is 1.43. The van der Waals surface area contributed by atoms with E-state index in [0.29, 0.717) is 0 Å². The highest BCUT2D eigenvalue weighted by atomic mass is 16.6. The summed E-state index contributed by atoms with van der Waals surface area (Å²) < 4.78 is 6.51. The molecule has 0 bridgehead atoms. The molecule has 2 rings (SSSR count). The number of nitrogens with zero attached hydrogens (tertiary/aromatic N) is 2. The van der Waals surface area contributed by atoms with Crippen LogP contribution in [0.4, 0.5) is 0 Å². The van der Waals surface area contributed by atoms with Gasteiger partial charge in [0, 0.05) is 0 Å². The molecule has 1 saturated heterocycles. The third-order valence-electron chi connectivity index (χ3n) is 2.96. The summed E-state index contributed by atoms with van der Waals surface area (Å²) in [4.78, 5) is 14.9. The van der Waals surface area contributed by atoms with Crippen LogP contribution in [0.15, 0.2) is 6.33 Å². The molecular weight excluding hydrogens is 254 g/mol. The Hall–Kier alpha value is -1.92. The number of aliphatic hydroxyl groups excluding tert-OH is 3. The second-order valence-electron chi connectivity index (χ2n) is 4.09. The average molecular weight is 267 g/mol. The van der Waals surface area contributed by atoms with Gasteiger partial charge in [0.25, 0.3) is 5.91 Å². The summed E-state index contributed by atoms with van der Waals surface area (Å²) in [5.41, 5.74) is 5.03. The molecule has 0 aromatic carbocycles. The lowest BCUT2D eigenvalue weighted by molar-refractivity contribution is -0.0531. The normalized spacial score (nSPS) is 30.2. The van der Waals surface area contributed by atoms with E-state index in [1.807, 2.05) is 0 Å². The van der Waals surface area contributed by atoms with Crippen LogP contribution in [-0.4, -0.2) is 55.7 Å². The molecule has 0 unspecified atom stereocenters. The van der Waals surface area contributed by atoms with Crippen molar-refractivity contribution in [3.8, 4) is 12.3 Å². The number of ether oxygens (including phenoxy) is 1. The van der Waals surface area contributed by atoms with Crippen LogP contribution in [0.2, 0.25) is 0 Å². The van der Waals surface area contributed by atoms with E-state index in [1.165, 1.54) is 10.9 Å². The molecule has 2 heterocycles. The van der Waals surface area contributed by atoms with Crippen molar-refractivity contribution in [2.24, 2.45) is 5.73 Å². The van der Waals surface area contributed by atoms with Crippen molar-refractivity contribution in [2.75, 3.05) is 6.61 Å². The number of rotatable bonds is 3. The molecule has 1 aromatic heterocycles. The maximum absolute atomic E-state index is 11.1. The molecule has 0 spiro atoms. The third-order valence-corrected chi connectivity index (χ3v) is 2.96. The van der Waals surface area contributed by atoms with E-state index < -0.39 is 37.1 Å². The van der Waals surface area contributed by atoms with Crippen LogP contribution in [0, 0.1) is 12.3 Å². The summed E-state index contributed by atoms with van der Waals surface area (Å²) in [5, 5.41) is 28.5. The molecule has 8 nitrogen and oxygen atoms in total.